The van der Waals surface area contributed by atoms with Gasteiger partial charge in [0, 0.05) is 18.8 Å². The first kappa shape index (κ1) is 21.0. The molecule has 0 spiro atoms. The molecule has 0 unspecified atom stereocenters. The Morgan fingerprint density at radius 3 is 2.46 bits per heavy atom. The van der Waals surface area contributed by atoms with Crippen molar-refractivity contribution in [3.8, 4) is 11.5 Å². The molecule has 0 fully saturated rings. The number of hydrogen-bond acceptors (Lipinski definition) is 4. The van der Waals surface area contributed by atoms with Crippen LogP contribution in [0, 0.1) is 6.92 Å². The number of methoxy groups -OCH3 is 1. The largest absolute Gasteiger partial charge is 0.493 e. The Kier molecular flexibility index (Phi) is 7.63. The number of nitrogens with one attached hydrogen (secondary N) is 1. The van der Waals surface area contributed by atoms with Crippen molar-refractivity contribution in [1.29, 1.82) is 0 Å². The molecule has 6 nitrogen and oxygen atoms in total. The zero-order valence-corrected chi connectivity index (χ0v) is 16.7. The Morgan fingerprint density at radius 2 is 1.82 bits per heavy atom. The van der Waals surface area contributed by atoms with Crippen molar-refractivity contribution < 1.29 is 19.1 Å². The first-order chi connectivity index (χ1) is 13.4. The highest BCUT2D eigenvalue weighted by Gasteiger charge is 2.11. The third-order valence-corrected chi connectivity index (χ3v) is 4.00. The number of anilines is 1. The van der Waals surface area contributed by atoms with Crippen molar-refractivity contribution >= 4 is 23.6 Å². The lowest BCUT2D eigenvalue weighted by Crippen LogP contribution is -2.33. The summed E-state index contributed by atoms with van der Waals surface area (Å²) in [6.07, 6.45) is 3.10. The molecule has 0 atom stereocenters. The predicted molar refractivity (Wildman–Crippen MR) is 111 cm³/mol. The summed E-state index contributed by atoms with van der Waals surface area (Å²) in [5.41, 5.74) is 2.61. The van der Waals surface area contributed by atoms with Crippen molar-refractivity contribution in [2.24, 2.45) is 0 Å². The molecule has 28 heavy (non-hydrogen) atoms. The van der Waals surface area contributed by atoms with E-state index in [2.05, 4.69) is 5.32 Å². The number of rotatable bonds is 8. The van der Waals surface area contributed by atoms with Gasteiger partial charge in [-0.25, -0.2) is 0 Å². The lowest BCUT2D eigenvalue weighted by atomic mass is 10.2. The molecule has 2 amide bonds. The summed E-state index contributed by atoms with van der Waals surface area (Å²) < 4.78 is 10.8. The summed E-state index contributed by atoms with van der Waals surface area (Å²) >= 11 is 0. The highest BCUT2D eigenvalue weighted by molar-refractivity contribution is 5.97. The van der Waals surface area contributed by atoms with Crippen LogP contribution in [0.25, 0.3) is 6.08 Å². The number of benzene rings is 2. The van der Waals surface area contributed by atoms with Gasteiger partial charge < -0.3 is 19.7 Å². The maximum atomic E-state index is 12.3. The van der Waals surface area contributed by atoms with Crippen molar-refractivity contribution in [1.82, 2.24) is 4.90 Å². The van der Waals surface area contributed by atoms with E-state index in [1.54, 1.807) is 32.4 Å². The third-order valence-electron chi connectivity index (χ3n) is 4.00. The van der Waals surface area contributed by atoms with Gasteiger partial charge in [0.25, 0.3) is 0 Å². The minimum atomic E-state index is -0.271. The van der Waals surface area contributed by atoms with Crippen LogP contribution in [0.2, 0.25) is 0 Å². The van der Waals surface area contributed by atoms with E-state index in [1.165, 1.54) is 11.0 Å². The number of carbonyl (C=O) groups is 2. The normalized spacial score (nSPS) is 10.6. The Labute approximate surface area is 165 Å². The van der Waals surface area contributed by atoms with Crippen molar-refractivity contribution in [3.05, 3.63) is 59.7 Å². The van der Waals surface area contributed by atoms with Crippen LogP contribution < -0.4 is 14.8 Å². The van der Waals surface area contributed by atoms with E-state index in [4.69, 9.17) is 9.47 Å². The molecule has 0 saturated carbocycles. The van der Waals surface area contributed by atoms with E-state index in [-0.39, 0.29) is 18.4 Å². The summed E-state index contributed by atoms with van der Waals surface area (Å²) in [6, 6.07) is 12.9. The van der Waals surface area contributed by atoms with Crippen LogP contribution in [0.3, 0.4) is 0 Å². The van der Waals surface area contributed by atoms with E-state index in [1.807, 2.05) is 44.2 Å². The molecule has 0 aliphatic rings. The fraction of sp³-hybridized carbons (Fsp3) is 0.273. The van der Waals surface area contributed by atoms with Gasteiger partial charge in [0.05, 0.1) is 20.3 Å². The molecule has 2 aromatic rings. The quantitative estimate of drug-likeness (QED) is 0.710. The fourth-order valence-corrected chi connectivity index (χ4v) is 2.49. The molecule has 0 bridgehead atoms. The average molecular weight is 382 g/mol. The molecule has 2 rings (SSSR count). The van der Waals surface area contributed by atoms with Gasteiger partial charge in [0.2, 0.25) is 11.8 Å². The Morgan fingerprint density at radius 1 is 1.11 bits per heavy atom. The van der Waals surface area contributed by atoms with Crippen LogP contribution in [0.1, 0.15) is 18.1 Å². The smallest absolute Gasteiger partial charge is 0.246 e. The minimum absolute atomic E-state index is 0.0380. The molecule has 148 valence electrons. The summed E-state index contributed by atoms with van der Waals surface area (Å²) in [5.74, 6) is 0.725. The third kappa shape index (κ3) is 6.16. The van der Waals surface area contributed by atoms with E-state index in [0.717, 1.165) is 11.1 Å². The molecule has 0 saturated heterocycles. The Hall–Kier alpha value is -3.28. The van der Waals surface area contributed by atoms with Gasteiger partial charge in [-0.2, -0.15) is 0 Å². The SMILES string of the molecule is CCOc1ccc(/C=C/C(=O)N(C)CC(=O)Nc2ccc(C)cc2)cc1OC. The number of nitrogens with zero attached hydrogens (tertiary/aromatic N) is 1. The van der Waals surface area contributed by atoms with Crippen molar-refractivity contribution in [2.45, 2.75) is 13.8 Å². The number of carbonyl (C=O) groups excluding carboxylic acids is 2. The zero-order chi connectivity index (χ0) is 20.5. The molecule has 0 aliphatic heterocycles. The van der Waals surface area contributed by atoms with Crippen LogP contribution in [0.5, 0.6) is 11.5 Å². The van der Waals surface area contributed by atoms with Gasteiger partial charge in [-0.1, -0.05) is 23.8 Å². The molecule has 0 heterocycles. The molecular formula is C22H26N2O4. The summed E-state index contributed by atoms with van der Waals surface area (Å²) in [7, 11) is 3.15. The number of likely N-dealkylation sites (N-methyl/N-ethyl adjacent to an activating group) is 1. The second kappa shape index (κ2) is 10.2. The fourth-order valence-electron chi connectivity index (χ4n) is 2.49. The van der Waals surface area contributed by atoms with E-state index in [0.29, 0.717) is 23.8 Å². The van der Waals surface area contributed by atoms with Crippen LogP contribution in [-0.2, 0) is 9.59 Å². The van der Waals surface area contributed by atoms with Crippen LogP contribution in [0.4, 0.5) is 5.69 Å². The first-order valence-corrected chi connectivity index (χ1v) is 9.03. The lowest BCUT2D eigenvalue weighted by Gasteiger charge is -2.15. The van der Waals surface area contributed by atoms with E-state index in [9.17, 15) is 9.59 Å². The van der Waals surface area contributed by atoms with Gasteiger partial charge in [0.15, 0.2) is 11.5 Å². The second-order valence-electron chi connectivity index (χ2n) is 6.29. The van der Waals surface area contributed by atoms with Gasteiger partial charge in [-0.15, -0.1) is 0 Å². The van der Waals surface area contributed by atoms with Crippen molar-refractivity contribution in [3.63, 3.8) is 0 Å². The maximum Gasteiger partial charge on any atom is 0.246 e. The highest BCUT2D eigenvalue weighted by atomic mass is 16.5. The molecular weight excluding hydrogens is 356 g/mol. The summed E-state index contributed by atoms with van der Waals surface area (Å²) in [5, 5.41) is 2.77. The highest BCUT2D eigenvalue weighted by Crippen LogP contribution is 2.28. The van der Waals surface area contributed by atoms with E-state index >= 15 is 0 Å². The molecule has 2 aromatic carbocycles. The number of amides is 2. The van der Waals surface area contributed by atoms with Crippen LogP contribution >= 0.6 is 0 Å². The van der Waals surface area contributed by atoms with Crippen LogP contribution in [-0.4, -0.2) is 44.0 Å². The monoisotopic (exact) mass is 382 g/mol. The van der Waals surface area contributed by atoms with E-state index < -0.39 is 0 Å². The first-order valence-electron chi connectivity index (χ1n) is 9.03. The zero-order valence-electron chi connectivity index (χ0n) is 16.7. The molecule has 0 radical (unpaired) electrons. The molecule has 0 aliphatic carbocycles. The summed E-state index contributed by atoms with van der Waals surface area (Å²) in [6.45, 7) is 4.38. The predicted octanol–water partition coefficient (Wildman–Crippen LogP) is 3.51. The topological polar surface area (TPSA) is 67.9 Å². The second-order valence-corrected chi connectivity index (χ2v) is 6.29. The van der Waals surface area contributed by atoms with Gasteiger partial charge in [-0.3, -0.25) is 9.59 Å². The number of hydrogen-bond donors (Lipinski definition) is 1. The van der Waals surface area contributed by atoms with Gasteiger partial charge >= 0.3 is 0 Å². The Bertz CT molecular complexity index is 844. The minimum Gasteiger partial charge on any atom is -0.493 e. The number of aryl methyl sites for hydroxylation is 1. The van der Waals surface area contributed by atoms with Gasteiger partial charge in [-0.05, 0) is 49.8 Å². The molecule has 0 aromatic heterocycles. The van der Waals surface area contributed by atoms with Gasteiger partial charge in [0.1, 0.15) is 0 Å². The lowest BCUT2D eigenvalue weighted by molar-refractivity contribution is -0.129. The van der Waals surface area contributed by atoms with Crippen LogP contribution in [0.15, 0.2) is 48.5 Å². The number of ether oxygens (including phenoxy) is 2. The maximum absolute atomic E-state index is 12.3. The average Bonchev–Trinajstić information content (AvgIpc) is 2.68. The molecule has 1 N–H and O–H groups in total. The molecule has 6 heteroatoms. The summed E-state index contributed by atoms with van der Waals surface area (Å²) in [4.78, 5) is 25.7. The standard InChI is InChI=1S/C22H26N2O4/c1-5-28-19-12-8-17(14-20(19)27-4)9-13-22(26)24(3)15-21(25)23-18-10-6-16(2)7-11-18/h6-14H,5,15H2,1-4H3,(H,23,25)/b13-9+. The van der Waals surface area contributed by atoms with Crippen molar-refractivity contribution in [2.75, 3.05) is 32.6 Å². The Balaban J connectivity index is 1.93.